The van der Waals surface area contributed by atoms with Crippen molar-refractivity contribution < 1.29 is 28.0 Å². The van der Waals surface area contributed by atoms with Gasteiger partial charge in [0.15, 0.2) is 6.29 Å². The molecule has 0 saturated heterocycles. The van der Waals surface area contributed by atoms with Gasteiger partial charge in [0.2, 0.25) is 0 Å². The number of benzene rings is 4. The molecule has 8 rings (SSSR count). The minimum absolute atomic E-state index is 0.566. The lowest BCUT2D eigenvalue weighted by molar-refractivity contribution is 0.112. The number of ether oxygens (including phenoxy) is 1. The van der Waals surface area contributed by atoms with Crippen LogP contribution >= 0.6 is 0 Å². The van der Waals surface area contributed by atoms with E-state index in [2.05, 4.69) is 11.2 Å². The first-order valence-electron chi connectivity index (χ1n) is 14.3. The van der Waals surface area contributed by atoms with Crippen LogP contribution in [0.5, 0.6) is 5.75 Å². The van der Waals surface area contributed by atoms with Crippen LogP contribution < -0.4 is 16.2 Å². The Morgan fingerprint density at radius 1 is 0.667 bits per heavy atom. The molecule has 9 nitrogen and oxygen atoms in total. The Balaban J connectivity index is 0.000000119. The minimum atomic E-state index is 0.566. The summed E-state index contributed by atoms with van der Waals surface area (Å²) in [5.74, 6) is 1.02. The molecule has 0 fully saturated rings. The van der Waals surface area contributed by atoms with Crippen LogP contribution in [0.1, 0.15) is 32.6 Å². The fourth-order valence-electron chi connectivity index (χ4n) is 5.03. The van der Waals surface area contributed by atoms with Gasteiger partial charge < -0.3 is 34.7 Å². The predicted octanol–water partition coefficient (Wildman–Crippen LogP) is 7.46. The standard InChI is InChI=1S/C9H7NO2.C9H11NO.C9H9NO.C9H6O2/c11-10-6-7-2-1-3-9-8(7)4-5-12-9;3*10-6-7-2-1-3-9-8(7)4-5-11-9/h1-6,11H;1-3H,4-6,10H2;1-5H,6,10H2;1-6H/b10-6+;;;. The predicted molar refractivity (Wildman–Crippen MR) is 175 cm³/mol. The Bertz CT molecular complexity index is 2020. The van der Waals surface area contributed by atoms with E-state index in [1.807, 2.05) is 66.7 Å². The molecule has 3 aromatic heterocycles. The molecule has 0 radical (unpaired) electrons. The summed E-state index contributed by atoms with van der Waals surface area (Å²) in [7, 11) is 0. The summed E-state index contributed by atoms with van der Waals surface area (Å²) in [6.45, 7) is 2.00. The Hall–Kier alpha value is -5.64. The smallest absolute Gasteiger partial charge is 0.150 e. The van der Waals surface area contributed by atoms with E-state index in [0.717, 1.165) is 69.1 Å². The summed E-state index contributed by atoms with van der Waals surface area (Å²) in [5.41, 5.74) is 18.8. The molecule has 0 amide bonds. The van der Waals surface area contributed by atoms with Crippen LogP contribution in [0.3, 0.4) is 0 Å². The summed E-state index contributed by atoms with van der Waals surface area (Å²) in [4.78, 5) is 10.5. The molecule has 1 aliphatic heterocycles. The summed E-state index contributed by atoms with van der Waals surface area (Å²) < 4.78 is 20.9. The molecular formula is C36H33N3O6. The Labute approximate surface area is 259 Å². The molecule has 0 aliphatic carbocycles. The van der Waals surface area contributed by atoms with E-state index in [4.69, 9.17) is 34.7 Å². The number of rotatable bonds is 4. The van der Waals surface area contributed by atoms with Crippen LogP contribution in [0.4, 0.5) is 0 Å². The minimum Gasteiger partial charge on any atom is -0.493 e. The Morgan fingerprint density at radius 2 is 1.20 bits per heavy atom. The van der Waals surface area contributed by atoms with Crippen LogP contribution in [-0.4, -0.2) is 24.3 Å². The third-order valence-corrected chi connectivity index (χ3v) is 7.25. The van der Waals surface area contributed by atoms with E-state index >= 15 is 0 Å². The molecule has 9 heteroatoms. The van der Waals surface area contributed by atoms with Gasteiger partial charge in [0.1, 0.15) is 22.5 Å². The largest absolute Gasteiger partial charge is 0.493 e. The average Bonchev–Trinajstić information content (AvgIpc) is 3.91. The van der Waals surface area contributed by atoms with E-state index in [-0.39, 0.29) is 0 Å². The zero-order valence-electron chi connectivity index (χ0n) is 24.5. The third-order valence-electron chi connectivity index (χ3n) is 7.25. The highest BCUT2D eigenvalue weighted by Crippen LogP contribution is 2.27. The van der Waals surface area contributed by atoms with E-state index in [0.29, 0.717) is 18.7 Å². The molecule has 45 heavy (non-hydrogen) atoms. The summed E-state index contributed by atoms with van der Waals surface area (Å²) in [6, 6.07) is 28.5. The van der Waals surface area contributed by atoms with E-state index < -0.39 is 0 Å². The van der Waals surface area contributed by atoms with Gasteiger partial charge in [-0.1, -0.05) is 53.7 Å². The van der Waals surface area contributed by atoms with Gasteiger partial charge in [-0.25, -0.2) is 0 Å². The van der Waals surface area contributed by atoms with Gasteiger partial charge in [-0.3, -0.25) is 4.79 Å². The number of furan rings is 3. The fourth-order valence-corrected chi connectivity index (χ4v) is 5.03. The number of fused-ring (bicyclic) bond motifs is 4. The number of hydrogen-bond donors (Lipinski definition) is 3. The number of nitrogens with zero attached hydrogens (tertiary/aromatic N) is 1. The van der Waals surface area contributed by atoms with Gasteiger partial charge in [0.05, 0.1) is 31.6 Å². The van der Waals surface area contributed by atoms with Crippen LogP contribution in [0, 0.1) is 0 Å². The number of carbonyl (C=O) groups excluding carboxylic acids is 1. The molecule has 0 atom stereocenters. The lowest BCUT2D eigenvalue weighted by Crippen LogP contribution is -1.99. The maximum Gasteiger partial charge on any atom is 0.150 e. The van der Waals surface area contributed by atoms with Crippen molar-refractivity contribution in [3.05, 3.63) is 138 Å². The van der Waals surface area contributed by atoms with Crippen LogP contribution in [-0.2, 0) is 19.5 Å². The van der Waals surface area contributed by atoms with Gasteiger partial charge in [0.25, 0.3) is 0 Å². The number of carbonyl (C=O) groups is 1. The lowest BCUT2D eigenvalue weighted by atomic mass is 10.1. The van der Waals surface area contributed by atoms with Crippen molar-refractivity contribution in [3.63, 3.8) is 0 Å². The summed E-state index contributed by atoms with van der Waals surface area (Å²) in [5, 5.41) is 14.3. The maximum absolute atomic E-state index is 10.5. The van der Waals surface area contributed by atoms with Crippen molar-refractivity contribution in [3.8, 4) is 5.75 Å². The molecule has 0 spiro atoms. The van der Waals surface area contributed by atoms with Crippen molar-refractivity contribution >= 4 is 45.4 Å². The highest BCUT2D eigenvalue weighted by atomic mass is 16.5. The molecule has 0 bridgehead atoms. The van der Waals surface area contributed by atoms with E-state index in [9.17, 15) is 4.79 Å². The number of hydrogen-bond acceptors (Lipinski definition) is 9. The lowest BCUT2D eigenvalue weighted by Gasteiger charge is -2.02. The molecule has 5 N–H and O–H groups in total. The van der Waals surface area contributed by atoms with Gasteiger partial charge >= 0.3 is 0 Å². The zero-order valence-corrected chi connectivity index (χ0v) is 24.5. The Morgan fingerprint density at radius 3 is 1.82 bits per heavy atom. The molecule has 0 saturated carbocycles. The van der Waals surface area contributed by atoms with Crippen molar-refractivity contribution in [1.82, 2.24) is 0 Å². The van der Waals surface area contributed by atoms with Crippen molar-refractivity contribution in [2.24, 2.45) is 16.6 Å². The molecule has 228 valence electrons. The van der Waals surface area contributed by atoms with Crippen molar-refractivity contribution in [2.45, 2.75) is 19.5 Å². The molecule has 7 aromatic rings. The number of aldehydes is 1. The normalized spacial score (nSPS) is 11.6. The first-order chi connectivity index (χ1) is 22.2. The Kier molecular flexibility index (Phi) is 10.4. The molecule has 4 heterocycles. The highest BCUT2D eigenvalue weighted by Gasteiger charge is 2.14. The first kappa shape index (κ1) is 30.8. The topological polar surface area (TPSA) is 150 Å². The van der Waals surface area contributed by atoms with Crippen molar-refractivity contribution in [1.29, 1.82) is 0 Å². The summed E-state index contributed by atoms with van der Waals surface area (Å²) >= 11 is 0. The monoisotopic (exact) mass is 603 g/mol. The van der Waals surface area contributed by atoms with Crippen LogP contribution in [0.25, 0.3) is 32.9 Å². The zero-order chi connectivity index (χ0) is 31.4. The molecular weight excluding hydrogens is 570 g/mol. The number of oxime groups is 1. The third kappa shape index (κ3) is 7.30. The average molecular weight is 604 g/mol. The van der Waals surface area contributed by atoms with Crippen molar-refractivity contribution in [2.75, 3.05) is 6.61 Å². The van der Waals surface area contributed by atoms with Gasteiger partial charge in [-0.05, 0) is 53.6 Å². The number of nitrogens with two attached hydrogens (primary N) is 2. The van der Waals surface area contributed by atoms with Crippen LogP contribution in [0.2, 0.25) is 0 Å². The quantitative estimate of drug-likeness (QED) is 0.0812. The van der Waals surface area contributed by atoms with Gasteiger partial charge in [-0.15, -0.1) is 0 Å². The van der Waals surface area contributed by atoms with E-state index in [1.165, 1.54) is 17.3 Å². The van der Waals surface area contributed by atoms with Gasteiger partial charge in [-0.2, -0.15) is 0 Å². The highest BCUT2D eigenvalue weighted by molar-refractivity contribution is 5.97. The fraction of sp³-hybridized carbons (Fsp3) is 0.111. The van der Waals surface area contributed by atoms with Gasteiger partial charge in [0, 0.05) is 52.4 Å². The maximum atomic E-state index is 10.5. The molecule has 4 aromatic carbocycles. The second kappa shape index (κ2) is 15.2. The molecule has 1 aliphatic rings. The second-order valence-electron chi connectivity index (χ2n) is 9.87. The van der Waals surface area contributed by atoms with E-state index in [1.54, 1.807) is 37.0 Å². The first-order valence-corrected chi connectivity index (χ1v) is 14.3. The summed E-state index contributed by atoms with van der Waals surface area (Å²) in [6.07, 6.45) is 8.11. The SMILES string of the molecule is NCc1cccc2c1CCO2.NCc1cccc2occc12.O/N=C/c1cccc2occc12.O=Cc1cccc2occc12. The molecule has 0 unspecified atom stereocenters. The van der Waals surface area contributed by atoms with Crippen LogP contribution in [0.15, 0.2) is 128 Å². The second-order valence-corrected chi connectivity index (χ2v) is 9.87.